The number of unbranched alkanes of at least 4 members (excludes halogenated alkanes) is 3. The van der Waals surface area contributed by atoms with Crippen LogP contribution in [0.15, 0.2) is 21.6 Å². The molecule has 1 aromatic rings. The van der Waals surface area contributed by atoms with E-state index < -0.39 is 21.1 Å². The number of aromatic nitrogens is 1. The van der Waals surface area contributed by atoms with Gasteiger partial charge in [-0.1, -0.05) is 0 Å². The van der Waals surface area contributed by atoms with E-state index in [1.165, 1.54) is 66.4 Å². The molecule has 0 aromatic carbocycles. The van der Waals surface area contributed by atoms with Gasteiger partial charge in [-0.3, -0.25) is 0 Å². The van der Waals surface area contributed by atoms with Crippen LogP contribution in [0.5, 0.6) is 0 Å². The van der Waals surface area contributed by atoms with Gasteiger partial charge in [0.05, 0.1) is 0 Å². The Labute approximate surface area is 172 Å². The average molecular weight is 519 g/mol. The van der Waals surface area contributed by atoms with Gasteiger partial charge < -0.3 is 0 Å². The molecule has 1 aromatic heterocycles. The molecule has 0 spiro atoms. The molecule has 1 heterocycles. The van der Waals surface area contributed by atoms with Gasteiger partial charge >= 0.3 is 174 Å². The molecule has 0 unspecified atom stereocenters. The van der Waals surface area contributed by atoms with Gasteiger partial charge in [-0.15, -0.1) is 0 Å². The van der Waals surface area contributed by atoms with Crippen LogP contribution < -0.4 is 3.71 Å². The Morgan fingerprint density at radius 3 is 2.00 bits per heavy atom. The summed E-state index contributed by atoms with van der Waals surface area (Å²) in [5, 5.41) is 0. The Balaban J connectivity index is 3.07. The molecule has 2 radical (unpaired) electrons. The van der Waals surface area contributed by atoms with Crippen LogP contribution in [0.4, 0.5) is 0 Å². The van der Waals surface area contributed by atoms with Gasteiger partial charge in [0.2, 0.25) is 0 Å². The SMILES string of the molecule is CCCC[C](CCCC)(CCCC)[Sn][c]1ncc(Br)cc1SCC. The Bertz CT molecular complexity index is 445. The summed E-state index contributed by atoms with van der Waals surface area (Å²) in [5.41, 5.74) is 0. The fourth-order valence-corrected chi connectivity index (χ4v) is 10.2. The standard InChI is InChI=1S/C13H27.C7H7BrNS.Sn/c1-4-7-10-13(11-8-5-2)12-9-6-3;1-2-10-7-3-6(8)4-9-5-7;/h4-12H2,1-3H3;3-4H,2H2,1H3;. The second-order valence-electron chi connectivity index (χ2n) is 6.65. The third kappa shape index (κ3) is 7.99. The van der Waals surface area contributed by atoms with Crippen molar-refractivity contribution in [2.45, 2.75) is 93.8 Å². The molecule has 136 valence electrons. The second-order valence-corrected chi connectivity index (χ2v) is 14.0. The molecule has 0 N–H and O–H groups in total. The Morgan fingerprint density at radius 2 is 1.54 bits per heavy atom. The van der Waals surface area contributed by atoms with Crippen molar-refractivity contribution < 1.29 is 0 Å². The van der Waals surface area contributed by atoms with Gasteiger partial charge in [0, 0.05) is 0 Å². The molecule has 0 saturated heterocycles. The predicted molar refractivity (Wildman–Crippen MR) is 115 cm³/mol. The van der Waals surface area contributed by atoms with E-state index in [2.05, 4.69) is 49.7 Å². The van der Waals surface area contributed by atoms with Gasteiger partial charge in [0.25, 0.3) is 0 Å². The molecule has 0 aliphatic heterocycles. The molecule has 0 aliphatic carbocycles. The number of hydrogen-bond donors (Lipinski definition) is 0. The summed E-state index contributed by atoms with van der Waals surface area (Å²) in [6.07, 6.45) is 14.5. The van der Waals surface area contributed by atoms with Crippen LogP contribution in [0.3, 0.4) is 0 Å². The number of rotatable bonds is 13. The van der Waals surface area contributed by atoms with Gasteiger partial charge in [0.1, 0.15) is 0 Å². The Kier molecular flexibility index (Phi) is 12.4. The number of hydrogen-bond acceptors (Lipinski definition) is 2. The molecule has 0 amide bonds. The normalized spacial score (nSPS) is 11.9. The second kappa shape index (κ2) is 13.0. The summed E-state index contributed by atoms with van der Waals surface area (Å²) < 4.78 is 3.25. The molecule has 0 saturated carbocycles. The van der Waals surface area contributed by atoms with Crippen LogP contribution in [-0.2, 0) is 0 Å². The average Bonchev–Trinajstić information content (AvgIpc) is 2.58. The zero-order valence-corrected chi connectivity index (χ0v) is 21.2. The third-order valence-electron chi connectivity index (χ3n) is 4.53. The van der Waals surface area contributed by atoms with Crippen LogP contribution in [0.1, 0.15) is 85.5 Å². The van der Waals surface area contributed by atoms with Crippen LogP contribution in [0.2, 0.25) is 3.43 Å². The minimum absolute atomic E-state index is 0.620. The molecule has 1 rings (SSSR count). The monoisotopic (exact) mass is 519 g/mol. The molecule has 0 atom stereocenters. The first-order valence-corrected chi connectivity index (χ1v) is 14.3. The van der Waals surface area contributed by atoms with E-state index in [1.54, 1.807) is 0 Å². The fourth-order valence-electron chi connectivity index (χ4n) is 3.14. The van der Waals surface area contributed by atoms with Crippen molar-refractivity contribution in [3.05, 3.63) is 16.7 Å². The molecule has 0 bridgehead atoms. The van der Waals surface area contributed by atoms with E-state index in [1.807, 2.05) is 18.0 Å². The maximum absolute atomic E-state index is 4.91. The molecule has 4 heteroatoms. The molecule has 1 nitrogen and oxygen atoms in total. The first-order chi connectivity index (χ1) is 11.6. The zero-order valence-electron chi connectivity index (χ0n) is 16.0. The molecular formula is C20H34BrNSSn. The van der Waals surface area contributed by atoms with Gasteiger partial charge in [0.15, 0.2) is 0 Å². The Morgan fingerprint density at radius 1 is 1.00 bits per heavy atom. The molecule has 24 heavy (non-hydrogen) atoms. The van der Waals surface area contributed by atoms with Crippen LogP contribution >= 0.6 is 27.7 Å². The first kappa shape index (κ1) is 22.8. The maximum atomic E-state index is 4.91. The Hall–Kier alpha value is 0.779. The number of halogens is 1. The quantitative estimate of drug-likeness (QED) is 0.206. The summed E-state index contributed by atoms with van der Waals surface area (Å²) in [7, 11) is 0. The summed E-state index contributed by atoms with van der Waals surface area (Å²) in [4.78, 5) is 6.37. The van der Waals surface area contributed by atoms with Gasteiger partial charge in [-0.25, -0.2) is 0 Å². The van der Waals surface area contributed by atoms with Crippen molar-refractivity contribution in [3.8, 4) is 0 Å². The predicted octanol–water partition coefficient (Wildman–Crippen LogP) is 7.01. The molecule has 0 aliphatic rings. The van der Waals surface area contributed by atoms with Crippen molar-refractivity contribution in [2.24, 2.45) is 0 Å². The number of thioether (sulfide) groups is 1. The van der Waals surface area contributed by atoms with Crippen molar-refractivity contribution in [2.75, 3.05) is 5.75 Å². The summed E-state index contributed by atoms with van der Waals surface area (Å²) in [6.45, 7) is 9.27. The van der Waals surface area contributed by atoms with Crippen molar-refractivity contribution in [1.82, 2.24) is 4.98 Å². The molecule has 0 fully saturated rings. The van der Waals surface area contributed by atoms with Crippen molar-refractivity contribution in [1.29, 1.82) is 0 Å². The van der Waals surface area contributed by atoms with E-state index >= 15 is 0 Å². The van der Waals surface area contributed by atoms with Crippen LogP contribution in [-0.4, -0.2) is 31.9 Å². The number of nitrogens with zero attached hydrogens (tertiary/aromatic N) is 1. The van der Waals surface area contributed by atoms with E-state index in [9.17, 15) is 0 Å². The minimum atomic E-state index is -0.728. The number of pyridine rings is 1. The third-order valence-corrected chi connectivity index (χ3v) is 11.9. The van der Waals surface area contributed by atoms with Crippen molar-refractivity contribution >= 4 is 52.5 Å². The first-order valence-electron chi connectivity index (χ1n) is 9.67. The van der Waals surface area contributed by atoms with E-state index in [4.69, 9.17) is 4.98 Å². The fraction of sp³-hybridized carbons (Fsp3) is 0.750. The van der Waals surface area contributed by atoms with E-state index in [-0.39, 0.29) is 0 Å². The van der Waals surface area contributed by atoms with E-state index in [0.29, 0.717) is 3.43 Å². The summed E-state index contributed by atoms with van der Waals surface area (Å²) in [5.74, 6) is 1.14. The molecular weight excluding hydrogens is 485 g/mol. The van der Waals surface area contributed by atoms with E-state index in [0.717, 1.165) is 10.2 Å². The van der Waals surface area contributed by atoms with Crippen LogP contribution in [0, 0.1) is 0 Å². The van der Waals surface area contributed by atoms with Gasteiger partial charge in [-0.2, -0.15) is 0 Å². The van der Waals surface area contributed by atoms with Gasteiger partial charge in [-0.05, 0) is 0 Å². The van der Waals surface area contributed by atoms with Crippen molar-refractivity contribution in [3.63, 3.8) is 0 Å². The summed E-state index contributed by atoms with van der Waals surface area (Å²) >= 11 is 4.87. The zero-order chi connectivity index (χ0) is 17.8. The topological polar surface area (TPSA) is 12.9 Å². The van der Waals surface area contributed by atoms with Crippen LogP contribution in [0.25, 0.3) is 0 Å². The summed E-state index contributed by atoms with van der Waals surface area (Å²) in [6, 6.07) is 2.31.